The first kappa shape index (κ1) is 13.2. The summed E-state index contributed by atoms with van der Waals surface area (Å²) in [5, 5.41) is 6.72. The molecule has 3 rings (SSSR count). The Bertz CT molecular complexity index is 695. The largest absolute Gasteiger partial charge is 0.482 e. The molecule has 0 radical (unpaired) electrons. The van der Waals surface area contributed by atoms with Gasteiger partial charge in [-0.15, -0.1) is 0 Å². The van der Waals surface area contributed by atoms with E-state index in [1.807, 2.05) is 6.07 Å². The third-order valence-electron chi connectivity index (χ3n) is 3.09. The zero-order valence-electron chi connectivity index (χ0n) is 11.4. The summed E-state index contributed by atoms with van der Waals surface area (Å²) in [5.74, 6) is 0.503. The maximum absolute atomic E-state index is 12.1. The van der Waals surface area contributed by atoms with Crippen molar-refractivity contribution in [2.24, 2.45) is 7.05 Å². The fourth-order valence-electron chi connectivity index (χ4n) is 2.14. The Morgan fingerprint density at radius 1 is 1.38 bits per heavy atom. The number of aryl methyl sites for hydroxylation is 1. The Morgan fingerprint density at radius 2 is 2.19 bits per heavy atom. The number of ether oxygens (including phenoxy) is 1. The normalized spacial score (nSPS) is 13.6. The second-order valence-corrected chi connectivity index (χ2v) is 4.66. The highest BCUT2D eigenvalue weighted by molar-refractivity contribution is 6.04. The van der Waals surface area contributed by atoms with Crippen molar-refractivity contribution < 1.29 is 14.3 Å². The van der Waals surface area contributed by atoms with Crippen LogP contribution in [-0.4, -0.2) is 34.7 Å². The van der Waals surface area contributed by atoms with Crippen LogP contribution >= 0.6 is 0 Å². The van der Waals surface area contributed by atoms with E-state index in [0.29, 0.717) is 17.3 Å². The molecule has 0 atom stereocenters. The molecule has 1 aliphatic rings. The molecule has 1 N–H and O–H groups in total. The molecule has 2 heterocycles. The molecule has 0 spiro atoms. The lowest BCUT2D eigenvalue weighted by atomic mass is 10.2. The molecule has 0 unspecified atom stereocenters. The number of benzene rings is 1. The number of para-hydroxylation sites is 2. The van der Waals surface area contributed by atoms with Crippen molar-refractivity contribution in [1.29, 1.82) is 0 Å². The van der Waals surface area contributed by atoms with Crippen LogP contribution in [-0.2, 0) is 16.6 Å². The van der Waals surface area contributed by atoms with Crippen molar-refractivity contribution in [2.45, 2.75) is 0 Å². The zero-order chi connectivity index (χ0) is 14.8. The van der Waals surface area contributed by atoms with Gasteiger partial charge >= 0.3 is 0 Å². The lowest BCUT2D eigenvalue weighted by molar-refractivity contribution is -0.123. The number of aromatic nitrogens is 2. The van der Waals surface area contributed by atoms with E-state index < -0.39 is 0 Å². The summed E-state index contributed by atoms with van der Waals surface area (Å²) < 4.78 is 6.92. The van der Waals surface area contributed by atoms with Crippen LogP contribution in [0, 0.1) is 0 Å². The molecule has 2 amide bonds. The van der Waals surface area contributed by atoms with Gasteiger partial charge in [-0.25, -0.2) is 0 Å². The van der Waals surface area contributed by atoms with Crippen molar-refractivity contribution in [3.05, 3.63) is 36.5 Å². The molecule has 2 aromatic rings. The summed E-state index contributed by atoms with van der Waals surface area (Å²) in [4.78, 5) is 25.4. The molecular weight excluding hydrogens is 272 g/mol. The van der Waals surface area contributed by atoms with Gasteiger partial charge in [0, 0.05) is 19.3 Å². The minimum atomic E-state index is -0.307. The van der Waals surface area contributed by atoms with Crippen LogP contribution in [0.15, 0.2) is 36.5 Å². The highest BCUT2D eigenvalue weighted by Gasteiger charge is 2.27. The van der Waals surface area contributed by atoms with E-state index in [2.05, 4.69) is 10.4 Å². The van der Waals surface area contributed by atoms with Gasteiger partial charge < -0.3 is 10.1 Å². The van der Waals surface area contributed by atoms with Gasteiger partial charge in [-0.05, 0) is 12.1 Å². The quantitative estimate of drug-likeness (QED) is 0.904. The molecule has 0 saturated heterocycles. The first-order valence-corrected chi connectivity index (χ1v) is 6.45. The minimum absolute atomic E-state index is 0.0616. The molecular formula is C14H14N4O3. The molecule has 0 saturated carbocycles. The summed E-state index contributed by atoms with van der Waals surface area (Å²) >= 11 is 0. The second-order valence-electron chi connectivity index (χ2n) is 4.66. The smallest absolute Gasteiger partial charge is 0.265 e. The molecule has 1 aliphatic heterocycles. The Kier molecular flexibility index (Phi) is 3.31. The number of nitrogens with zero attached hydrogens (tertiary/aromatic N) is 3. The Hall–Kier alpha value is -2.83. The molecule has 0 bridgehead atoms. The summed E-state index contributed by atoms with van der Waals surface area (Å²) in [5.41, 5.74) is 0.602. The maximum atomic E-state index is 12.1. The third-order valence-corrected chi connectivity index (χ3v) is 3.09. The van der Waals surface area contributed by atoms with Crippen LogP contribution in [0.3, 0.4) is 0 Å². The zero-order valence-corrected chi connectivity index (χ0v) is 11.4. The Morgan fingerprint density at radius 3 is 2.95 bits per heavy atom. The van der Waals surface area contributed by atoms with E-state index in [1.165, 1.54) is 4.90 Å². The first-order chi connectivity index (χ1) is 10.1. The van der Waals surface area contributed by atoms with Crippen molar-refractivity contribution in [3.63, 3.8) is 0 Å². The van der Waals surface area contributed by atoms with E-state index in [4.69, 9.17) is 4.74 Å². The van der Waals surface area contributed by atoms with Gasteiger partial charge in [-0.2, -0.15) is 5.10 Å². The predicted molar refractivity (Wildman–Crippen MR) is 76.1 cm³/mol. The average Bonchev–Trinajstić information content (AvgIpc) is 2.87. The molecule has 1 aromatic heterocycles. The van der Waals surface area contributed by atoms with Gasteiger partial charge in [0.25, 0.3) is 5.91 Å². The number of amides is 2. The summed E-state index contributed by atoms with van der Waals surface area (Å²) in [7, 11) is 1.76. The standard InChI is InChI=1S/C14H14N4O3/c1-17-7-6-12(16-17)15-13(19)8-18-10-4-2-3-5-11(10)21-9-14(18)20/h2-7H,8-9H2,1H3,(H,15,16,19). The van der Waals surface area contributed by atoms with E-state index >= 15 is 0 Å². The maximum Gasteiger partial charge on any atom is 0.265 e. The lowest BCUT2D eigenvalue weighted by Crippen LogP contribution is -2.43. The van der Waals surface area contributed by atoms with Crippen molar-refractivity contribution in [1.82, 2.24) is 9.78 Å². The van der Waals surface area contributed by atoms with Gasteiger partial charge in [0.1, 0.15) is 12.3 Å². The van der Waals surface area contributed by atoms with E-state index in [-0.39, 0.29) is 25.0 Å². The first-order valence-electron chi connectivity index (χ1n) is 6.45. The molecule has 0 fully saturated rings. The van der Waals surface area contributed by atoms with Crippen LogP contribution in [0.25, 0.3) is 0 Å². The van der Waals surface area contributed by atoms with Gasteiger partial charge in [-0.3, -0.25) is 19.2 Å². The Labute approximate surface area is 121 Å². The van der Waals surface area contributed by atoms with Crippen LogP contribution in [0.5, 0.6) is 5.75 Å². The van der Waals surface area contributed by atoms with Gasteiger partial charge in [-0.1, -0.05) is 12.1 Å². The summed E-state index contributed by atoms with van der Waals surface area (Å²) in [6, 6.07) is 8.82. The highest BCUT2D eigenvalue weighted by Crippen LogP contribution is 2.31. The van der Waals surface area contributed by atoms with Crippen LogP contribution in [0.4, 0.5) is 11.5 Å². The van der Waals surface area contributed by atoms with Crippen molar-refractivity contribution in [2.75, 3.05) is 23.4 Å². The predicted octanol–water partition coefficient (Wildman–Crippen LogP) is 0.784. The third kappa shape index (κ3) is 2.71. The van der Waals surface area contributed by atoms with Crippen molar-refractivity contribution in [3.8, 4) is 5.75 Å². The fourth-order valence-corrected chi connectivity index (χ4v) is 2.14. The topological polar surface area (TPSA) is 76.5 Å². The second kappa shape index (κ2) is 5.28. The van der Waals surface area contributed by atoms with Gasteiger partial charge in [0.05, 0.1) is 5.69 Å². The monoisotopic (exact) mass is 286 g/mol. The number of hydrogen-bond donors (Lipinski definition) is 1. The molecule has 0 aliphatic carbocycles. The van der Waals surface area contributed by atoms with E-state index in [1.54, 1.807) is 42.2 Å². The number of fused-ring (bicyclic) bond motifs is 1. The summed E-state index contributed by atoms with van der Waals surface area (Å²) in [6.07, 6.45) is 1.73. The molecule has 1 aromatic carbocycles. The Balaban J connectivity index is 1.74. The SMILES string of the molecule is Cn1ccc(NC(=O)CN2C(=O)COc3ccccc32)n1. The molecule has 7 heteroatoms. The highest BCUT2D eigenvalue weighted by atomic mass is 16.5. The van der Waals surface area contributed by atoms with Crippen molar-refractivity contribution >= 4 is 23.3 Å². The number of nitrogens with one attached hydrogen (secondary N) is 1. The number of anilines is 2. The van der Waals surface area contributed by atoms with E-state index in [9.17, 15) is 9.59 Å². The summed E-state index contributed by atoms with van der Waals surface area (Å²) in [6.45, 7) is -0.135. The lowest BCUT2D eigenvalue weighted by Gasteiger charge is -2.28. The van der Waals surface area contributed by atoms with Gasteiger partial charge in [0.15, 0.2) is 12.4 Å². The average molecular weight is 286 g/mol. The van der Waals surface area contributed by atoms with Crippen LogP contribution in [0.2, 0.25) is 0 Å². The van der Waals surface area contributed by atoms with Crippen LogP contribution in [0.1, 0.15) is 0 Å². The molecule has 108 valence electrons. The molecule has 21 heavy (non-hydrogen) atoms. The van der Waals surface area contributed by atoms with E-state index in [0.717, 1.165) is 0 Å². The van der Waals surface area contributed by atoms with Crippen LogP contribution < -0.4 is 15.0 Å². The number of carbonyl (C=O) groups excluding carboxylic acids is 2. The number of hydrogen-bond acceptors (Lipinski definition) is 4. The number of carbonyl (C=O) groups is 2. The molecule has 7 nitrogen and oxygen atoms in total. The van der Waals surface area contributed by atoms with Gasteiger partial charge in [0.2, 0.25) is 5.91 Å². The minimum Gasteiger partial charge on any atom is -0.482 e. The fraction of sp³-hybridized carbons (Fsp3) is 0.214. The number of rotatable bonds is 3.